The summed E-state index contributed by atoms with van der Waals surface area (Å²) < 4.78 is 11.3. The second kappa shape index (κ2) is 4.26. The minimum Gasteiger partial charge on any atom is -0.456 e. The van der Waals surface area contributed by atoms with Crippen molar-refractivity contribution in [1.82, 2.24) is 0 Å². The quantitative estimate of drug-likeness (QED) is 0.527. The van der Waals surface area contributed by atoms with Crippen LogP contribution < -0.4 is 0 Å². The Hall–Kier alpha value is -0.353. The van der Waals surface area contributed by atoms with Gasteiger partial charge in [-0.25, -0.2) is 0 Å². The number of hydrogen-bond acceptors (Lipinski definition) is 3. The van der Waals surface area contributed by atoms with Crippen LogP contribution >= 0.6 is 0 Å². The second-order valence-corrected chi connectivity index (χ2v) is 5.92. The van der Waals surface area contributed by atoms with E-state index in [-0.39, 0.29) is 17.7 Å². The molecule has 0 amide bonds. The van der Waals surface area contributed by atoms with Crippen molar-refractivity contribution in [3.8, 4) is 0 Å². The monoisotopic (exact) mass is 228 g/mol. The molecule has 0 spiro atoms. The fourth-order valence-corrected chi connectivity index (χ4v) is 2.98. The number of hydrogen-bond donors (Lipinski definition) is 0. The van der Waals surface area contributed by atoms with Crippen LogP contribution in [-0.2, 0) is 14.3 Å². The van der Waals surface area contributed by atoms with Gasteiger partial charge in [-0.3, -0.25) is 4.79 Å². The van der Waals surface area contributed by atoms with Crippen molar-refractivity contribution in [2.45, 2.75) is 62.9 Å². The molecular formula is C11H20O3Si. The standard InChI is InChI=1S/C11H20O3Si/c1-11(14-10(12)3-2-6-15)7-8-4-5-9(11)13-8/h8-9H,2-7H2,1,15H3. The van der Waals surface area contributed by atoms with E-state index in [1.807, 2.05) is 6.92 Å². The first-order valence-corrected chi connectivity index (χ1v) is 7.43. The lowest BCUT2D eigenvalue weighted by atomic mass is 9.86. The van der Waals surface area contributed by atoms with E-state index in [2.05, 4.69) is 0 Å². The maximum Gasteiger partial charge on any atom is 0.306 e. The molecule has 4 heteroatoms. The van der Waals surface area contributed by atoms with Crippen molar-refractivity contribution in [1.29, 1.82) is 0 Å². The first-order valence-electron chi connectivity index (χ1n) is 6.01. The molecule has 2 aliphatic rings. The van der Waals surface area contributed by atoms with Crippen LogP contribution in [0.1, 0.15) is 39.0 Å². The Bertz CT molecular complexity index is 256. The largest absolute Gasteiger partial charge is 0.456 e. The Morgan fingerprint density at radius 3 is 2.93 bits per heavy atom. The average molecular weight is 228 g/mol. The number of ether oxygens (including phenoxy) is 2. The zero-order valence-electron chi connectivity index (χ0n) is 9.62. The van der Waals surface area contributed by atoms with Crippen LogP contribution in [0.2, 0.25) is 6.04 Å². The molecule has 0 aromatic carbocycles. The lowest BCUT2D eigenvalue weighted by Crippen LogP contribution is -2.41. The summed E-state index contributed by atoms with van der Waals surface area (Å²) in [5, 5.41) is 0. The number of carbonyl (C=O) groups excluding carboxylic acids is 1. The van der Waals surface area contributed by atoms with E-state index in [9.17, 15) is 4.79 Å². The summed E-state index contributed by atoms with van der Waals surface area (Å²) in [4.78, 5) is 11.6. The molecule has 3 atom stereocenters. The molecule has 0 aromatic rings. The highest BCUT2D eigenvalue weighted by Crippen LogP contribution is 2.43. The molecule has 2 bridgehead atoms. The lowest BCUT2D eigenvalue weighted by Gasteiger charge is -2.30. The van der Waals surface area contributed by atoms with Crippen LogP contribution in [0.25, 0.3) is 0 Å². The van der Waals surface area contributed by atoms with Gasteiger partial charge in [-0.2, -0.15) is 0 Å². The number of rotatable bonds is 4. The predicted molar refractivity (Wildman–Crippen MR) is 61.0 cm³/mol. The first kappa shape index (κ1) is 11.1. The molecule has 86 valence electrons. The zero-order valence-corrected chi connectivity index (χ0v) is 11.6. The number of carbonyl (C=O) groups is 1. The van der Waals surface area contributed by atoms with Gasteiger partial charge in [-0.1, -0.05) is 6.04 Å². The van der Waals surface area contributed by atoms with Gasteiger partial charge >= 0.3 is 5.97 Å². The third-order valence-corrected chi connectivity index (χ3v) is 4.21. The molecule has 0 aromatic heterocycles. The van der Waals surface area contributed by atoms with Crippen molar-refractivity contribution < 1.29 is 14.3 Å². The van der Waals surface area contributed by atoms with E-state index in [4.69, 9.17) is 9.47 Å². The smallest absolute Gasteiger partial charge is 0.306 e. The molecule has 2 heterocycles. The van der Waals surface area contributed by atoms with Gasteiger partial charge in [-0.15, -0.1) is 0 Å². The molecule has 0 saturated carbocycles. The highest BCUT2D eigenvalue weighted by atomic mass is 28.1. The van der Waals surface area contributed by atoms with E-state index < -0.39 is 0 Å². The van der Waals surface area contributed by atoms with Gasteiger partial charge in [0.25, 0.3) is 0 Å². The number of fused-ring (bicyclic) bond motifs is 2. The van der Waals surface area contributed by atoms with Crippen molar-refractivity contribution in [2.75, 3.05) is 0 Å². The van der Waals surface area contributed by atoms with Crippen LogP contribution in [0.5, 0.6) is 0 Å². The van der Waals surface area contributed by atoms with Gasteiger partial charge in [-0.05, 0) is 26.2 Å². The van der Waals surface area contributed by atoms with Gasteiger partial charge < -0.3 is 9.47 Å². The van der Waals surface area contributed by atoms with Crippen LogP contribution in [-0.4, -0.2) is 34.0 Å². The Balaban J connectivity index is 1.86. The second-order valence-electron chi connectivity index (χ2n) is 4.92. The molecule has 2 rings (SSSR count). The molecule has 15 heavy (non-hydrogen) atoms. The van der Waals surface area contributed by atoms with Crippen LogP contribution in [0.3, 0.4) is 0 Å². The highest BCUT2D eigenvalue weighted by molar-refractivity contribution is 6.08. The van der Waals surface area contributed by atoms with Crippen molar-refractivity contribution in [3.05, 3.63) is 0 Å². The van der Waals surface area contributed by atoms with Crippen molar-refractivity contribution in [3.63, 3.8) is 0 Å². The van der Waals surface area contributed by atoms with Crippen LogP contribution in [0.4, 0.5) is 0 Å². The molecule has 3 nitrogen and oxygen atoms in total. The van der Waals surface area contributed by atoms with E-state index in [0.717, 1.165) is 25.7 Å². The summed E-state index contributed by atoms with van der Waals surface area (Å²) in [5.41, 5.74) is -0.328. The molecular weight excluding hydrogens is 208 g/mol. The summed E-state index contributed by atoms with van der Waals surface area (Å²) in [6.07, 6.45) is 5.14. The Morgan fingerprint density at radius 2 is 2.40 bits per heavy atom. The maximum atomic E-state index is 11.6. The fourth-order valence-electron chi connectivity index (χ4n) is 2.63. The Kier molecular flexibility index (Phi) is 3.16. The van der Waals surface area contributed by atoms with Crippen molar-refractivity contribution in [2.24, 2.45) is 0 Å². The average Bonchev–Trinajstić information content (AvgIpc) is 2.73. The third-order valence-electron chi connectivity index (χ3n) is 3.50. The normalized spacial score (nSPS) is 38.5. The minimum atomic E-state index is -0.328. The molecule has 0 aliphatic carbocycles. The third kappa shape index (κ3) is 2.26. The molecule has 0 radical (unpaired) electrons. The van der Waals surface area contributed by atoms with Gasteiger partial charge in [0.2, 0.25) is 0 Å². The van der Waals surface area contributed by atoms with E-state index in [1.54, 1.807) is 0 Å². The van der Waals surface area contributed by atoms with Crippen LogP contribution in [0.15, 0.2) is 0 Å². The fraction of sp³-hybridized carbons (Fsp3) is 0.909. The Labute approximate surface area is 93.9 Å². The number of esters is 1. The SMILES string of the molecule is CC1(OC(=O)CCC[SiH3])CC2CCC1O2. The zero-order chi connectivity index (χ0) is 10.9. The highest BCUT2D eigenvalue weighted by Gasteiger charge is 2.51. The van der Waals surface area contributed by atoms with Gasteiger partial charge in [0.05, 0.1) is 12.2 Å². The molecule has 0 N–H and O–H groups in total. The molecule has 2 aliphatic heterocycles. The first-order chi connectivity index (χ1) is 7.14. The summed E-state index contributed by atoms with van der Waals surface area (Å²) in [6, 6.07) is 1.17. The lowest BCUT2D eigenvalue weighted by molar-refractivity contribution is -0.163. The van der Waals surface area contributed by atoms with E-state index in [0.29, 0.717) is 12.5 Å². The predicted octanol–water partition coefficient (Wildman–Crippen LogP) is 0.803. The minimum absolute atomic E-state index is 0.0375. The van der Waals surface area contributed by atoms with Gasteiger partial charge in [0.1, 0.15) is 5.60 Å². The van der Waals surface area contributed by atoms with Gasteiger partial charge in [0, 0.05) is 23.1 Å². The summed E-state index contributed by atoms with van der Waals surface area (Å²) >= 11 is 0. The molecule has 2 saturated heterocycles. The maximum absolute atomic E-state index is 11.6. The summed E-state index contributed by atoms with van der Waals surface area (Å²) in [5.74, 6) is -0.0375. The van der Waals surface area contributed by atoms with E-state index in [1.165, 1.54) is 16.3 Å². The summed E-state index contributed by atoms with van der Waals surface area (Å²) in [7, 11) is 1.17. The van der Waals surface area contributed by atoms with Gasteiger partial charge in [0.15, 0.2) is 0 Å². The van der Waals surface area contributed by atoms with Crippen molar-refractivity contribution >= 4 is 16.2 Å². The topological polar surface area (TPSA) is 35.5 Å². The van der Waals surface area contributed by atoms with Crippen LogP contribution in [0, 0.1) is 0 Å². The molecule has 2 fully saturated rings. The summed E-state index contributed by atoms with van der Waals surface area (Å²) in [6.45, 7) is 2.02. The molecule has 3 unspecified atom stereocenters. The van der Waals surface area contributed by atoms with E-state index >= 15 is 0 Å². The Morgan fingerprint density at radius 1 is 1.60 bits per heavy atom.